The molecule has 21 heavy (non-hydrogen) atoms. The van der Waals surface area contributed by atoms with Crippen molar-refractivity contribution in [2.24, 2.45) is 5.92 Å². The highest BCUT2D eigenvalue weighted by Gasteiger charge is 2.14. The zero-order chi connectivity index (χ0) is 15.4. The molecule has 1 heterocycles. The highest BCUT2D eigenvalue weighted by atomic mass is 32.1. The molecular formula is C15H14N2O3S. The van der Waals surface area contributed by atoms with E-state index in [1.54, 1.807) is 12.1 Å². The summed E-state index contributed by atoms with van der Waals surface area (Å²) in [5.74, 6) is -0.615. The van der Waals surface area contributed by atoms with E-state index in [-0.39, 0.29) is 11.3 Å². The number of carboxylic acids is 1. The Kier molecular flexibility index (Phi) is 4.55. The molecule has 5 nitrogen and oxygen atoms in total. The SMILES string of the molecule is CC(C)COc1sc(-c2ccc(C(=O)O)cc2)nc1C#N. The molecule has 0 aliphatic carbocycles. The number of aromatic carboxylic acids is 1. The van der Waals surface area contributed by atoms with E-state index in [4.69, 9.17) is 15.1 Å². The molecule has 0 bridgehead atoms. The number of carbonyl (C=O) groups is 1. The fourth-order valence-corrected chi connectivity index (χ4v) is 2.48. The van der Waals surface area contributed by atoms with Crippen LogP contribution in [0.3, 0.4) is 0 Å². The molecule has 1 aromatic carbocycles. The van der Waals surface area contributed by atoms with Gasteiger partial charge < -0.3 is 9.84 Å². The minimum absolute atomic E-state index is 0.215. The number of hydrogen-bond acceptors (Lipinski definition) is 5. The van der Waals surface area contributed by atoms with E-state index >= 15 is 0 Å². The molecule has 2 aromatic rings. The maximum Gasteiger partial charge on any atom is 0.335 e. The number of carboxylic acid groups (broad SMARTS) is 1. The van der Waals surface area contributed by atoms with Gasteiger partial charge in [0.2, 0.25) is 5.06 Å². The molecule has 0 saturated carbocycles. The molecule has 0 saturated heterocycles. The van der Waals surface area contributed by atoms with E-state index in [2.05, 4.69) is 4.98 Å². The van der Waals surface area contributed by atoms with Crippen LogP contribution in [0.5, 0.6) is 5.06 Å². The lowest BCUT2D eigenvalue weighted by atomic mass is 10.1. The van der Waals surface area contributed by atoms with Crippen LogP contribution in [-0.2, 0) is 0 Å². The van der Waals surface area contributed by atoms with Crippen LogP contribution in [0.2, 0.25) is 0 Å². The fourth-order valence-electron chi connectivity index (χ4n) is 1.60. The van der Waals surface area contributed by atoms with Crippen molar-refractivity contribution in [2.45, 2.75) is 13.8 Å². The fraction of sp³-hybridized carbons (Fsp3) is 0.267. The van der Waals surface area contributed by atoms with Gasteiger partial charge in [0, 0.05) is 5.56 Å². The van der Waals surface area contributed by atoms with Crippen molar-refractivity contribution in [3.8, 4) is 21.7 Å². The van der Waals surface area contributed by atoms with Crippen LogP contribution in [0, 0.1) is 17.2 Å². The summed E-state index contributed by atoms with van der Waals surface area (Å²) in [5.41, 5.74) is 1.24. The third kappa shape index (κ3) is 3.58. The van der Waals surface area contributed by atoms with Gasteiger partial charge in [0.05, 0.1) is 12.2 Å². The van der Waals surface area contributed by atoms with Crippen molar-refractivity contribution in [1.29, 1.82) is 5.26 Å². The highest BCUT2D eigenvalue weighted by Crippen LogP contribution is 2.34. The first kappa shape index (κ1) is 15.0. The molecule has 0 amide bonds. The minimum atomic E-state index is -0.973. The van der Waals surface area contributed by atoms with E-state index in [1.165, 1.54) is 23.5 Å². The van der Waals surface area contributed by atoms with Gasteiger partial charge in [-0.3, -0.25) is 0 Å². The molecule has 6 heteroatoms. The van der Waals surface area contributed by atoms with Crippen molar-refractivity contribution in [3.63, 3.8) is 0 Å². The Morgan fingerprint density at radius 3 is 2.62 bits per heavy atom. The van der Waals surface area contributed by atoms with Crippen LogP contribution in [-0.4, -0.2) is 22.7 Å². The summed E-state index contributed by atoms with van der Waals surface area (Å²) in [6, 6.07) is 8.40. The predicted molar refractivity (Wildman–Crippen MR) is 79.6 cm³/mol. The molecule has 0 radical (unpaired) electrons. The Morgan fingerprint density at radius 1 is 1.43 bits per heavy atom. The molecule has 0 spiro atoms. The number of hydrogen-bond donors (Lipinski definition) is 1. The molecule has 0 atom stereocenters. The summed E-state index contributed by atoms with van der Waals surface area (Å²) in [6.45, 7) is 4.57. The normalized spacial score (nSPS) is 10.4. The van der Waals surface area contributed by atoms with E-state index in [0.717, 1.165) is 5.56 Å². The van der Waals surface area contributed by atoms with Crippen LogP contribution in [0.1, 0.15) is 29.9 Å². The molecule has 1 aromatic heterocycles. The molecule has 0 unspecified atom stereocenters. The molecule has 0 aliphatic heterocycles. The van der Waals surface area contributed by atoms with Gasteiger partial charge in [-0.15, -0.1) is 0 Å². The number of aromatic nitrogens is 1. The second kappa shape index (κ2) is 6.37. The Bertz CT molecular complexity index is 684. The van der Waals surface area contributed by atoms with Crippen LogP contribution in [0.4, 0.5) is 0 Å². The first-order chi connectivity index (χ1) is 10.0. The molecule has 1 N–H and O–H groups in total. The zero-order valence-corrected chi connectivity index (χ0v) is 12.5. The van der Waals surface area contributed by atoms with Gasteiger partial charge in [-0.25, -0.2) is 9.78 Å². The first-order valence-electron chi connectivity index (χ1n) is 6.38. The smallest absolute Gasteiger partial charge is 0.335 e. The summed E-state index contributed by atoms with van der Waals surface area (Å²) in [7, 11) is 0. The lowest BCUT2D eigenvalue weighted by Crippen LogP contribution is -2.04. The van der Waals surface area contributed by atoms with Crippen molar-refractivity contribution in [3.05, 3.63) is 35.5 Å². The summed E-state index contributed by atoms with van der Waals surface area (Å²) in [6.07, 6.45) is 0. The summed E-state index contributed by atoms with van der Waals surface area (Å²) in [5, 5.41) is 19.1. The van der Waals surface area contributed by atoms with Crippen molar-refractivity contribution in [2.75, 3.05) is 6.61 Å². The van der Waals surface area contributed by atoms with Crippen molar-refractivity contribution in [1.82, 2.24) is 4.98 Å². The number of thiazole rings is 1. The van der Waals surface area contributed by atoms with Crippen LogP contribution < -0.4 is 4.74 Å². The number of nitrogens with zero attached hydrogens (tertiary/aromatic N) is 2. The van der Waals surface area contributed by atoms with Crippen molar-refractivity contribution < 1.29 is 14.6 Å². The average molecular weight is 302 g/mol. The second-order valence-corrected chi connectivity index (χ2v) is 5.82. The molecular weight excluding hydrogens is 288 g/mol. The van der Waals surface area contributed by atoms with Gasteiger partial charge in [0.15, 0.2) is 5.69 Å². The lowest BCUT2D eigenvalue weighted by Gasteiger charge is -2.05. The Balaban J connectivity index is 2.28. The van der Waals surface area contributed by atoms with Crippen LogP contribution in [0.25, 0.3) is 10.6 Å². The van der Waals surface area contributed by atoms with E-state index in [1.807, 2.05) is 19.9 Å². The monoisotopic (exact) mass is 302 g/mol. The third-order valence-electron chi connectivity index (χ3n) is 2.63. The topological polar surface area (TPSA) is 83.2 Å². The molecule has 0 aliphatic rings. The van der Waals surface area contributed by atoms with Gasteiger partial charge >= 0.3 is 5.97 Å². The van der Waals surface area contributed by atoms with Gasteiger partial charge in [0.1, 0.15) is 11.1 Å². The first-order valence-corrected chi connectivity index (χ1v) is 7.20. The third-order valence-corrected chi connectivity index (χ3v) is 3.65. The molecule has 0 fully saturated rings. The number of rotatable bonds is 5. The second-order valence-electron chi connectivity index (χ2n) is 4.85. The number of benzene rings is 1. The number of nitriles is 1. The number of ether oxygens (including phenoxy) is 1. The predicted octanol–water partition coefficient (Wildman–Crippen LogP) is 3.41. The summed E-state index contributed by atoms with van der Waals surface area (Å²) < 4.78 is 5.59. The van der Waals surface area contributed by atoms with Gasteiger partial charge in [-0.05, 0) is 18.1 Å². The van der Waals surface area contributed by atoms with Crippen LogP contribution >= 0.6 is 11.3 Å². The summed E-state index contributed by atoms with van der Waals surface area (Å²) in [4.78, 5) is 15.1. The zero-order valence-electron chi connectivity index (χ0n) is 11.7. The van der Waals surface area contributed by atoms with E-state index in [9.17, 15) is 4.79 Å². The molecule has 2 rings (SSSR count). The highest BCUT2D eigenvalue weighted by molar-refractivity contribution is 7.17. The van der Waals surface area contributed by atoms with Gasteiger partial charge in [0.25, 0.3) is 0 Å². The maximum absolute atomic E-state index is 10.8. The largest absolute Gasteiger partial charge is 0.481 e. The van der Waals surface area contributed by atoms with Crippen LogP contribution in [0.15, 0.2) is 24.3 Å². The molecule has 108 valence electrons. The minimum Gasteiger partial charge on any atom is -0.481 e. The Labute approximate surface area is 126 Å². The average Bonchev–Trinajstić information content (AvgIpc) is 2.88. The lowest BCUT2D eigenvalue weighted by molar-refractivity contribution is 0.0697. The Morgan fingerprint density at radius 2 is 2.10 bits per heavy atom. The van der Waals surface area contributed by atoms with E-state index < -0.39 is 5.97 Å². The quantitative estimate of drug-likeness (QED) is 0.915. The Hall–Kier alpha value is -2.39. The van der Waals surface area contributed by atoms with Gasteiger partial charge in [-0.1, -0.05) is 37.3 Å². The summed E-state index contributed by atoms with van der Waals surface area (Å²) >= 11 is 1.29. The maximum atomic E-state index is 10.8. The standard InChI is InChI=1S/C15H14N2O3S/c1-9(2)8-20-15-12(7-16)17-13(21-15)10-3-5-11(6-4-10)14(18)19/h3-6,9H,8H2,1-2H3,(H,18,19). The van der Waals surface area contributed by atoms with E-state index in [0.29, 0.717) is 22.6 Å². The van der Waals surface area contributed by atoms with Crippen molar-refractivity contribution >= 4 is 17.3 Å². The van der Waals surface area contributed by atoms with Gasteiger partial charge in [-0.2, -0.15) is 5.26 Å².